The predicted molar refractivity (Wildman–Crippen MR) is 77.1 cm³/mol. The van der Waals surface area contributed by atoms with Gasteiger partial charge >= 0.3 is 5.97 Å². The van der Waals surface area contributed by atoms with Gasteiger partial charge in [0.1, 0.15) is 0 Å². The number of halogens is 1. The molecule has 1 rings (SSSR count). The first kappa shape index (κ1) is 17.1. The Bertz CT molecular complexity index is 600. The first-order valence-corrected chi connectivity index (χ1v) is 8.12. The fraction of sp³-hybridized carbons (Fsp3) is 0.417. The molecule has 0 radical (unpaired) electrons. The summed E-state index contributed by atoms with van der Waals surface area (Å²) in [7, 11) is -3.88. The molecular formula is C12H16BrNO5S. The average molecular weight is 366 g/mol. The molecule has 0 saturated heterocycles. The summed E-state index contributed by atoms with van der Waals surface area (Å²) in [5.41, 5.74) is -0.141. The Kier molecular flexibility index (Phi) is 5.69. The van der Waals surface area contributed by atoms with Crippen LogP contribution in [0.5, 0.6) is 0 Å². The van der Waals surface area contributed by atoms with Gasteiger partial charge in [-0.05, 0) is 40.0 Å². The molecule has 20 heavy (non-hydrogen) atoms. The van der Waals surface area contributed by atoms with E-state index in [4.69, 9.17) is 10.2 Å². The minimum Gasteiger partial charge on any atom is -0.478 e. The molecule has 0 fully saturated rings. The third-order valence-electron chi connectivity index (χ3n) is 2.79. The zero-order chi connectivity index (χ0) is 15.5. The number of carboxylic acid groups (broad SMARTS) is 1. The Balaban J connectivity index is 3.16. The number of carbonyl (C=O) groups is 1. The molecule has 0 heterocycles. The number of nitrogens with one attached hydrogen (secondary N) is 1. The third-order valence-corrected chi connectivity index (χ3v) is 4.97. The molecule has 0 amide bonds. The topological polar surface area (TPSA) is 104 Å². The maximum absolute atomic E-state index is 12.2. The Morgan fingerprint density at radius 1 is 1.40 bits per heavy atom. The quantitative estimate of drug-likeness (QED) is 0.707. The van der Waals surface area contributed by atoms with Crippen LogP contribution < -0.4 is 4.72 Å². The maximum atomic E-state index is 12.2. The van der Waals surface area contributed by atoms with E-state index in [1.54, 1.807) is 13.8 Å². The highest BCUT2D eigenvalue weighted by atomic mass is 79.9. The van der Waals surface area contributed by atoms with Gasteiger partial charge in [-0.25, -0.2) is 17.9 Å². The van der Waals surface area contributed by atoms with Crippen LogP contribution in [0.4, 0.5) is 0 Å². The average Bonchev–Trinajstić information content (AvgIpc) is 2.35. The van der Waals surface area contributed by atoms with Crippen LogP contribution in [0.15, 0.2) is 27.6 Å². The van der Waals surface area contributed by atoms with Crippen LogP contribution in [0.1, 0.15) is 24.2 Å². The van der Waals surface area contributed by atoms with Gasteiger partial charge in [-0.2, -0.15) is 0 Å². The summed E-state index contributed by atoms with van der Waals surface area (Å²) < 4.78 is 27.0. The monoisotopic (exact) mass is 365 g/mol. The number of aliphatic hydroxyl groups is 1. The number of hydrogen-bond donors (Lipinski definition) is 3. The molecule has 0 aliphatic carbocycles. The van der Waals surface area contributed by atoms with Crippen molar-refractivity contribution < 1.29 is 23.4 Å². The molecule has 1 unspecified atom stereocenters. The van der Waals surface area contributed by atoms with Crippen molar-refractivity contribution in [3.8, 4) is 0 Å². The van der Waals surface area contributed by atoms with E-state index in [9.17, 15) is 13.2 Å². The lowest BCUT2D eigenvalue weighted by atomic mass is 10.1. The fourth-order valence-corrected chi connectivity index (χ4v) is 3.30. The summed E-state index contributed by atoms with van der Waals surface area (Å²) >= 11 is 3.05. The van der Waals surface area contributed by atoms with Crippen molar-refractivity contribution in [2.75, 3.05) is 6.61 Å². The van der Waals surface area contributed by atoms with E-state index in [-0.39, 0.29) is 23.0 Å². The summed E-state index contributed by atoms with van der Waals surface area (Å²) in [6, 6.07) is 3.11. The van der Waals surface area contributed by atoms with E-state index in [1.165, 1.54) is 12.1 Å². The summed E-state index contributed by atoms with van der Waals surface area (Å²) in [5, 5.41) is 18.2. The predicted octanol–water partition coefficient (Wildman–Crippen LogP) is 1.44. The summed E-state index contributed by atoms with van der Waals surface area (Å²) in [6.07, 6.45) is 0. The Labute approximate surface area is 126 Å². The lowest BCUT2D eigenvalue weighted by Gasteiger charge is -2.20. The largest absolute Gasteiger partial charge is 0.478 e. The van der Waals surface area contributed by atoms with Gasteiger partial charge in [-0.3, -0.25) is 0 Å². The van der Waals surface area contributed by atoms with Crippen molar-refractivity contribution in [1.29, 1.82) is 0 Å². The van der Waals surface area contributed by atoms with Crippen LogP contribution in [-0.4, -0.2) is 37.2 Å². The fourth-order valence-electron chi connectivity index (χ4n) is 1.49. The standard InChI is InChI=1S/C12H16BrNO5S/c1-7(2)11(6-15)14-20(18,19)8-3-4-10(13)9(5-8)12(16)17/h3-5,7,11,14-15H,6H2,1-2H3,(H,16,17). The molecule has 8 heteroatoms. The zero-order valence-corrected chi connectivity index (χ0v) is 13.4. The molecule has 1 aromatic carbocycles. The summed E-state index contributed by atoms with van der Waals surface area (Å²) in [6.45, 7) is 3.21. The molecule has 0 aliphatic heterocycles. The van der Waals surface area contributed by atoms with Crippen molar-refractivity contribution in [3.05, 3.63) is 28.2 Å². The van der Waals surface area contributed by atoms with Gasteiger partial charge in [0.05, 0.1) is 17.1 Å². The van der Waals surface area contributed by atoms with Crippen molar-refractivity contribution in [3.63, 3.8) is 0 Å². The molecule has 112 valence electrons. The highest BCUT2D eigenvalue weighted by Crippen LogP contribution is 2.21. The van der Waals surface area contributed by atoms with Crippen molar-refractivity contribution in [1.82, 2.24) is 4.72 Å². The molecule has 0 spiro atoms. The van der Waals surface area contributed by atoms with Crippen LogP contribution in [0.3, 0.4) is 0 Å². The number of sulfonamides is 1. The van der Waals surface area contributed by atoms with Crippen LogP contribution in [0.25, 0.3) is 0 Å². The first-order valence-electron chi connectivity index (χ1n) is 5.85. The van der Waals surface area contributed by atoms with Gasteiger partial charge in [0.25, 0.3) is 0 Å². The lowest BCUT2D eigenvalue weighted by molar-refractivity contribution is 0.0695. The highest BCUT2D eigenvalue weighted by molar-refractivity contribution is 9.10. The molecular weight excluding hydrogens is 350 g/mol. The van der Waals surface area contributed by atoms with Crippen LogP contribution in [-0.2, 0) is 10.0 Å². The minimum atomic E-state index is -3.88. The van der Waals surface area contributed by atoms with Gasteiger partial charge < -0.3 is 10.2 Å². The number of aliphatic hydroxyl groups excluding tert-OH is 1. The van der Waals surface area contributed by atoms with Crippen molar-refractivity contribution in [2.45, 2.75) is 24.8 Å². The SMILES string of the molecule is CC(C)C(CO)NS(=O)(=O)c1ccc(Br)c(C(=O)O)c1. The van der Waals surface area contributed by atoms with Crippen LogP contribution in [0.2, 0.25) is 0 Å². The Morgan fingerprint density at radius 3 is 2.45 bits per heavy atom. The minimum absolute atomic E-state index is 0.0934. The molecule has 0 aromatic heterocycles. The Morgan fingerprint density at radius 2 is 2.00 bits per heavy atom. The molecule has 6 nitrogen and oxygen atoms in total. The Hall–Kier alpha value is -0.960. The van der Waals surface area contributed by atoms with Gasteiger partial charge in [0, 0.05) is 10.5 Å². The highest BCUT2D eigenvalue weighted by Gasteiger charge is 2.23. The van der Waals surface area contributed by atoms with Crippen molar-refractivity contribution in [2.24, 2.45) is 5.92 Å². The smallest absolute Gasteiger partial charge is 0.336 e. The number of benzene rings is 1. The second-order valence-corrected chi connectivity index (χ2v) is 7.17. The summed E-state index contributed by atoms with van der Waals surface area (Å²) in [4.78, 5) is 10.8. The van der Waals surface area contributed by atoms with E-state index in [0.717, 1.165) is 6.07 Å². The van der Waals surface area contributed by atoms with Gasteiger partial charge in [0.2, 0.25) is 10.0 Å². The zero-order valence-electron chi connectivity index (χ0n) is 11.0. The molecule has 3 N–H and O–H groups in total. The van der Waals surface area contributed by atoms with Gasteiger partial charge in [0.15, 0.2) is 0 Å². The summed E-state index contributed by atoms with van der Waals surface area (Å²) in [5.74, 6) is -1.32. The van der Waals surface area contributed by atoms with Crippen LogP contribution >= 0.6 is 15.9 Å². The molecule has 0 saturated carbocycles. The first-order chi connectivity index (χ1) is 9.19. The van der Waals surface area contributed by atoms with E-state index >= 15 is 0 Å². The van der Waals surface area contributed by atoms with Gasteiger partial charge in [-0.15, -0.1) is 0 Å². The van der Waals surface area contributed by atoms with Crippen LogP contribution in [0, 0.1) is 5.92 Å². The second-order valence-electron chi connectivity index (χ2n) is 4.60. The van der Waals surface area contributed by atoms with E-state index in [0.29, 0.717) is 4.47 Å². The number of hydrogen-bond acceptors (Lipinski definition) is 4. The van der Waals surface area contributed by atoms with E-state index in [1.807, 2.05) is 0 Å². The molecule has 1 atom stereocenters. The number of aromatic carboxylic acids is 1. The molecule has 0 aliphatic rings. The maximum Gasteiger partial charge on any atom is 0.336 e. The third kappa shape index (κ3) is 4.02. The number of carboxylic acids is 1. The van der Waals surface area contributed by atoms with Gasteiger partial charge in [-0.1, -0.05) is 13.8 Å². The lowest BCUT2D eigenvalue weighted by Crippen LogP contribution is -2.41. The number of rotatable bonds is 6. The normalized spacial score (nSPS) is 13.4. The van der Waals surface area contributed by atoms with E-state index in [2.05, 4.69) is 20.7 Å². The van der Waals surface area contributed by atoms with E-state index < -0.39 is 22.0 Å². The molecule has 0 bridgehead atoms. The second kappa shape index (κ2) is 6.66. The molecule has 1 aromatic rings. The van der Waals surface area contributed by atoms with Crippen molar-refractivity contribution >= 4 is 31.9 Å².